The van der Waals surface area contributed by atoms with Gasteiger partial charge in [0, 0.05) is 0 Å². The molecule has 0 saturated carbocycles. The van der Waals surface area contributed by atoms with E-state index in [4.69, 9.17) is 5.11 Å². The van der Waals surface area contributed by atoms with Crippen molar-refractivity contribution >= 4 is 11.9 Å². The van der Waals surface area contributed by atoms with Gasteiger partial charge in [0.1, 0.15) is 0 Å². The quantitative estimate of drug-likeness (QED) is 0.572. The Labute approximate surface area is 121 Å². The van der Waals surface area contributed by atoms with E-state index in [0.29, 0.717) is 6.42 Å². The third-order valence-corrected chi connectivity index (χ3v) is 1.07. The molecule has 0 saturated heterocycles. The van der Waals surface area contributed by atoms with Crippen molar-refractivity contribution in [3.05, 3.63) is 5.32 Å². The smallest absolute Gasteiger partial charge is 0.644 e. The zero-order valence-electron chi connectivity index (χ0n) is 8.63. The second-order valence-electron chi connectivity index (χ2n) is 3.84. The third kappa shape index (κ3) is 12.6. The van der Waals surface area contributed by atoms with Crippen molar-refractivity contribution in [1.29, 1.82) is 0 Å². The van der Waals surface area contributed by atoms with Crippen molar-refractivity contribution in [2.75, 3.05) is 6.54 Å². The van der Waals surface area contributed by atoms with E-state index in [1.807, 2.05) is 20.8 Å². The summed E-state index contributed by atoms with van der Waals surface area (Å²) in [5.74, 6) is -1.41. The fraction of sp³-hybridized carbons (Fsp3) is 0.750. The van der Waals surface area contributed by atoms with Crippen LogP contribution in [0.15, 0.2) is 0 Å². The average molecular weight is 211 g/mol. The Morgan fingerprint density at radius 1 is 1.31 bits per heavy atom. The van der Waals surface area contributed by atoms with Crippen LogP contribution in [0.2, 0.25) is 0 Å². The monoisotopic (exact) mass is 211 g/mol. The van der Waals surface area contributed by atoms with Crippen LogP contribution >= 0.6 is 0 Å². The van der Waals surface area contributed by atoms with Crippen molar-refractivity contribution in [3.8, 4) is 0 Å². The fourth-order valence-electron chi connectivity index (χ4n) is 0.665. The Morgan fingerprint density at radius 2 is 1.77 bits per heavy atom. The molecule has 0 aromatic carbocycles. The summed E-state index contributed by atoms with van der Waals surface area (Å²) >= 11 is 0. The maximum atomic E-state index is 10.9. The molecule has 0 bridgehead atoms. The zero-order chi connectivity index (χ0) is 9.78. The molecule has 70 valence electrons. The molecule has 1 amide bonds. The number of amides is 1. The minimum absolute atomic E-state index is 0. The van der Waals surface area contributed by atoms with E-state index in [1.165, 1.54) is 0 Å². The topological polar surface area (TPSA) is 68.5 Å². The number of carboxylic acid groups (broad SMARTS) is 1. The average Bonchev–Trinajstić information content (AvgIpc) is 1.79. The van der Waals surface area contributed by atoms with E-state index >= 15 is 0 Å². The molecule has 1 N–H and O–H groups in total. The summed E-state index contributed by atoms with van der Waals surface area (Å²) in [7, 11) is 0. The molecular formula is C8H14KNO3. The summed E-state index contributed by atoms with van der Waals surface area (Å²) in [6.45, 7) is 5.29. The zero-order valence-corrected chi connectivity index (χ0v) is 11.7. The van der Waals surface area contributed by atoms with Crippen LogP contribution in [-0.4, -0.2) is 23.5 Å². The second kappa shape index (κ2) is 6.95. The minimum Gasteiger partial charge on any atom is -0.644 e. The van der Waals surface area contributed by atoms with Gasteiger partial charge >= 0.3 is 51.4 Å². The molecule has 13 heavy (non-hydrogen) atoms. The van der Waals surface area contributed by atoms with E-state index in [9.17, 15) is 9.59 Å². The van der Waals surface area contributed by atoms with Crippen molar-refractivity contribution < 1.29 is 66.1 Å². The van der Waals surface area contributed by atoms with Crippen LogP contribution in [0.1, 0.15) is 27.2 Å². The van der Waals surface area contributed by atoms with Crippen LogP contribution < -0.4 is 51.4 Å². The maximum absolute atomic E-state index is 10.9. The number of aliphatic carboxylic acids is 1. The number of nitrogens with zero attached hydrogens (tertiary/aromatic N) is 1. The number of hydrogen-bond donors (Lipinski definition) is 1. The van der Waals surface area contributed by atoms with Gasteiger partial charge < -0.3 is 15.2 Å². The van der Waals surface area contributed by atoms with Gasteiger partial charge in [-0.05, 0) is 18.4 Å². The molecule has 0 aliphatic heterocycles. The first-order valence-electron chi connectivity index (χ1n) is 3.73. The van der Waals surface area contributed by atoms with Crippen LogP contribution in [0, 0.1) is 5.41 Å². The van der Waals surface area contributed by atoms with Gasteiger partial charge in [-0.15, -0.1) is 0 Å². The van der Waals surface area contributed by atoms with Gasteiger partial charge in [-0.1, -0.05) is 20.8 Å². The summed E-state index contributed by atoms with van der Waals surface area (Å²) in [6.07, 6.45) is 0.292. The maximum Gasteiger partial charge on any atom is 1.00 e. The normalized spacial score (nSPS) is 10.1. The molecule has 0 radical (unpaired) electrons. The molecule has 5 heteroatoms. The molecule has 0 fully saturated rings. The molecular weight excluding hydrogens is 197 g/mol. The van der Waals surface area contributed by atoms with Crippen molar-refractivity contribution in [2.45, 2.75) is 27.2 Å². The standard InChI is InChI=1S/C8H15NO3.K/c1-8(2,3)4-6(10)9-5-7(11)12;/h4-5H2,1-3H3,(H2,9,10,11,12);/q;+1/p-1. The Kier molecular flexibility index (Phi) is 8.56. The Morgan fingerprint density at radius 3 is 2.08 bits per heavy atom. The number of rotatable bonds is 3. The molecule has 0 spiro atoms. The van der Waals surface area contributed by atoms with Gasteiger partial charge in [0.25, 0.3) is 5.97 Å². The molecule has 0 atom stereocenters. The van der Waals surface area contributed by atoms with E-state index in [-0.39, 0.29) is 62.7 Å². The van der Waals surface area contributed by atoms with Crippen molar-refractivity contribution in [1.82, 2.24) is 0 Å². The predicted octanol–water partition coefficient (Wildman–Crippen LogP) is -1.59. The van der Waals surface area contributed by atoms with Gasteiger partial charge in [-0.3, -0.25) is 4.79 Å². The summed E-state index contributed by atoms with van der Waals surface area (Å²) in [6, 6.07) is 0. The Bertz CT molecular complexity index is 186. The van der Waals surface area contributed by atoms with Crippen LogP contribution in [0.25, 0.3) is 5.32 Å². The summed E-state index contributed by atoms with van der Waals surface area (Å²) in [5, 5.41) is 11.6. The van der Waals surface area contributed by atoms with E-state index < -0.39 is 12.5 Å². The number of carbonyl (C=O) groups excluding carboxylic acids is 1. The Hall–Kier alpha value is 0.576. The minimum atomic E-state index is -1.07. The number of hydrogen-bond acceptors (Lipinski definition) is 2. The molecule has 0 aliphatic rings. The predicted molar refractivity (Wildman–Crippen MR) is 44.9 cm³/mol. The van der Waals surface area contributed by atoms with Gasteiger partial charge in [0.2, 0.25) is 0 Å². The Balaban J connectivity index is 0. The van der Waals surface area contributed by atoms with E-state index in [1.54, 1.807) is 0 Å². The summed E-state index contributed by atoms with van der Waals surface area (Å²) < 4.78 is 0. The molecule has 0 aliphatic carbocycles. The van der Waals surface area contributed by atoms with Crippen molar-refractivity contribution in [2.24, 2.45) is 5.41 Å². The molecule has 0 aromatic rings. The second-order valence-corrected chi connectivity index (χ2v) is 3.84. The summed E-state index contributed by atoms with van der Waals surface area (Å²) in [5.41, 5.74) is -0.126. The molecule has 0 heterocycles. The first-order chi connectivity index (χ1) is 5.31. The van der Waals surface area contributed by atoms with Crippen LogP contribution in [-0.2, 0) is 9.59 Å². The molecule has 0 unspecified atom stereocenters. The third-order valence-electron chi connectivity index (χ3n) is 1.07. The summed E-state index contributed by atoms with van der Waals surface area (Å²) in [4.78, 5) is 21.0. The van der Waals surface area contributed by atoms with E-state index in [0.717, 1.165) is 0 Å². The van der Waals surface area contributed by atoms with Crippen LogP contribution in [0.5, 0.6) is 0 Å². The van der Waals surface area contributed by atoms with Gasteiger partial charge in [0.15, 0.2) is 0 Å². The first kappa shape index (κ1) is 16.0. The molecule has 0 rings (SSSR count). The SMILES string of the molecule is CC(C)(C)CC(=O)[N-]CC(=O)O.[K+]. The van der Waals surface area contributed by atoms with Crippen molar-refractivity contribution in [3.63, 3.8) is 0 Å². The van der Waals surface area contributed by atoms with Crippen LogP contribution in [0.4, 0.5) is 0 Å². The largest absolute Gasteiger partial charge is 1.00 e. The van der Waals surface area contributed by atoms with Crippen LogP contribution in [0.3, 0.4) is 0 Å². The molecule has 4 nitrogen and oxygen atoms in total. The first-order valence-corrected chi connectivity index (χ1v) is 3.73. The van der Waals surface area contributed by atoms with Gasteiger partial charge in [0.05, 0.1) is 5.91 Å². The van der Waals surface area contributed by atoms with E-state index in [2.05, 4.69) is 5.32 Å². The van der Waals surface area contributed by atoms with Gasteiger partial charge in [-0.2, -0.15) is 0 Å². The number of carboxylic acids is 1. The number of carbonyl (C=O) groups is 2. The van der Waals surface area contributed by atoms with Gasteiger partial charge in [-0.25, -0.2) is 0 Å². The fourth-order valence-corrected chi connectivity index (χ4v) is 0.665. The molecule has 0 aromatic heterocycles.